The Morgan fingerprint density at radius 2 is 0.635 bits per heavy atom. The lowest BCUT2D eigenvalue weighted by Gasteiger charge is -2.48. The zero-order chi connectivity index (χ0) is 75.3. The van der Waals surface area contributed by atoms with Crippen LogP contribution in [0.3, 0.4) is 0 Å². The van der Waals surface area contributed by atoms with E-state index in [9.17, 15) is 61.0 Å². The Balaban J connectivity index is 1.32. The van der Waals surface area contributed by atoms with Crippen molar-refractivity contribution in [1.29, 1.82) is 0 Å². The lowest BCUT2D eigenvalue weighted by atomic mass is 9.96. The third kappa shape index (κ3) is 44.6. The van der Waals surface area contributed by atoms with Gasteiger partial charge in [-0.15, -0.1) is 0 Å². The second-order valence-electron chi connectivity index (χ2n) is 30.6. The van der Waals surface area contributed by atoms with Crippen LogP contribution in [0.2, 0.25) is 0 Å². The maximum atomic E-state index is 13.5. The maximum Gasteiger partial charge on any atom is 0.220 e. The summed E-state index contributed by atoms with van der Waals surface area (Å²) in [5, 5.41) is 121. The van der Waals surface area contributed by atoms with E-state index in [2.05, 4.69) is 55.6 Å². The van der Waals surface area contributed by atoms with Crippen molar-refractivity contribution in [1.82, 2.24) is 5.32 Å². The number of ether oxygens (including phenoxy) is 6. The molecule has 19 nitrogen and oxygen atoms in total. The first-order valence-electron chi connectivity index (χ1n) is 42.9. The molecule has 0 aromatic rings. The van der Waals surface area contributed by atoms with Crippen molar-refractivity contribution >= 4 is 5.91 Å². The SMILES string of the molecule is CCCCCCC/C=C\C/C=C\C/C=C\CCCCCCCCCCCCCCCCCCCCCCCCC(=O)NC(COC1OC(CO)C(OC2OC(CO)C(OC3OC(CO)C(O)C(O)C3O)C(O)C2O)C(O)C1O)C(O)/C=C/CCCCCCCCCCCCCCCCCCCCCC. The van der Waals surface area contributed by atoms with Crippen LogP contribution in [0.25, 0.3) is 0 Å². The van der Waals surface area contributed by atoms with Gasteiger partial charge in [-0.05, 0) is 57.8 Å². The van der Waals surface area contributed by atoms with E-state index >= 15 is 0 Å². The molecule has 3 aliphatic rings. The predicted octanol–water partition coefficient (Wildman–Crippen LogP) is 15.2. The number of rotatable bonds is 69. The van der Waals surface area contributed by atoms with Gasteiger partial charge in [0.25, 0.3) is 0 Å². The Bertz CT molecular complexity index is 2060. The van der Waals surface area contributed by atoms with Crippen molar-refractivity contribution in [3.8, 4) is 0 Å². The van der Waals surface area contributed by atoms with E-state index in [4.69, 9.17) is 28.4 Å². The Morgan fingerprint density at radius 3 is 0.990 bits per heavy atom. The molecule has 3 rings (SSSR count). The third-order valence-electron chi connectivity index (χ3n) is 21.4. The van der Waals surface area contributed by atoms with Crippen LogP contribution in [0.5, 0.6) is 0 Å². The van der Waals surface area contributed by atoms with Gasteiger partial charge in [-0.1, -0.05) is 339 Å². The van der Waals surface area contributed by atoms with Crippen molar-refractivity contribution in [3.63, 3.8) is 0 Å². The fraction of sp³-hybridized carbons (Fsp3) is 0.894. The molecule has 0 bridgehead atoms. The summed E-state index contributed by atoms with van der Waals surface area (Å²) in [6.45, 7) is 1.78. The summed E-state index contributed by atoms with van der Waals surface area (Å²) in [7, 11) is 0. The first kappa shape index (κ1) is 96.0. The quantitative estimate of drug-likeness (QED) is 0.0199. The van der Waals surface area contributed by atoms with Crippen LogP contribution >= 0.6 is 0 Å². The molecule has 0 radical (unpaired) electrons. The first-order valence-corrected chi connectivity index (χ1v) is 42.9. The summed E-state index contributed by atoms with van der Waals surface area (Å²) in [4.78, 5) is 13.5. The van der Waals surface area contributed by atoms with Crippen LogP contribution in [0.15, 0.2) is 48.6 Å². The molecule has 3 fully saturated rings. The zero-order valence-corrected chi connectivity index (χ0v) is 65.5. The molecule has 1 amide bonds. The molecule has 0 aromatic carbocycles. The number of hydrogen-bond donors (Lipinski definition) is 12. The number of amides is 1. The van der Waals surface area contributed by atoms with Crippen LogP contribution in [-0.4, -0.2) is 193 Å². The lowest BCUT2D eigenvalue weighted by Crippen LogP contribution is -2.66. The van der Waals surface area contributed by atoms with E-state index in [1.807, 2.05) is 6.08 Å². The van der Waals surface area contributed by atoms with Crippen molar-refractivity contribution in [3.05, 3.63) is 48.6 Å². The van der Waals surface area contributed by atoms with Gasteiger partial charge in [0.2, 0.25) is 5.91 Å². The average Bonchev–Trinajstić information content (AvgIpc) is 0.783. The standard InChI is InChI=1S/C85H157NO18/c1-3-5-7-9-11-13-15-17-19-21-23-25-27-28-29-30-31-32-33-34-35-36-37-38-39-40-41-43-45-47-49-51-53-55-57-59-61-63-73(91)86-68(69(90)62-60-58-56-54-52-50-48-46-44-42-26-24-22-20-18-16-14-12-10-8-6-4-2)67-99-83-79(97)76(94)81(71(65-88)101-83)104-85-80(98)77(95)82(72(66-89)102-85)103-84-78(96)75(93)74(92)70(64-87)100-84/h15,17,21,23,27-28,60,62,68-72,74-85,87-90,92-98H,3-14,16,18-20,22,24-26,29-59,61,63-67H2,1-2H3,(H,86,91)/b17-15-,23-21-,28-27-,62-60+. The van der Waals surface area contributed by atoms with Gasteiger partial charge in [-0.2, -0.15) is 0 Å². The van der Waals surface area contributed by atoms with Crippen molar-refractivity contribution in [2.45, 2.75) is 458 Å². The second-order valence-corrected chi connectivity index (χ2v) is 30.6. The smallest absolute Gasteiger partial charge is 0.220 e. The first-order chi connectivity index (χ1) is 50.8. The molecule has 104 heavy (non-hydrogen) atoms. The normalized spacial score (nSPS) is 26.1. The molecule has 3 aliphatic heterocycles. The van der Waals surface area contributed by atoms with Crippen LogP contribution in [0.1, 0.15) is 354 Å². The summed E-state index contributed by atoms with van der Waals surface area (Å²) in [6, 6.07) is -0.974. The van der Waals surface area contributed by atoms with Crippen molar-refractivity contribution in [2.75, 3.05) is 26.4 Å². The zero-order valence-electron chi connectivity index (χ0n) is 65.5. The van der Waals surface area contributed by atoms with Crippen LogP contribution in [-0.2, 0) is 33.2 Å². The Kier molecular flexibility index (Phi) is 60.4. The maximum absolute atomic E-state index is 13.5. The molecule has 17 atom stereocenters. The van der Waals surface area contributed by atoms with E-state index in [1.165, 1.54) is 270 Å². The number of carbonyl (C=O) groups excluding carboxylic acids is 1. The summed E-state index contributed by atoms with van der Waals surface area (Å²) in [5.74, 6) is -0.269. The highest BCUT2D eigenvalue weighted by molar-refractivity contribution is 5.76. The summed E-state index contributed by atoms with van der Waals surface area (Å²) in [6.07, 6.45) is 56.8. The number of nitrogens with one attached hydrogen (secondary N) is 1. The number of aliphatic hydroxyl groups is 11. The minimum Gasteiger partial charge on any atom is -0.394 e. The molecule has 0 spiro atoms. The molecule has 610 valence electrons. The van der Waals surface area contributed by atoms with Gasteiger partial charge in [-0.3, -0.25) is 4.79 Å². The summed E-state index contributed by atoms with van der Waals surface area (Å²) < 4.78 is 34.5. The summed E-state index contributed by atoms with van der Waals surface area (Å²) >= 11 is 0. The predicted molar refractivity (Wildman–Crippen MR) is 416 cm³/mol. The van der Waals surface area contributed by atoms with Gasteiger partial charge in [0.15, 0.2) is 18.9 Å². The highest BCUT2D eigenvalue weighted by Crippen LogP contribution is 2.33. The molecular formula is C85H157NO18. The van der Waals surface area contributed by atoms with Gasteiger partial charge in [-0.25, -0.2) is 0 Å². The topological polar surface area (TPSA) is 307 Å². The number of unbranched alkanes of at least 4 members (excludes halogenated alkanes) is 47. The van der Waals surface area contributed by atoms with Crippen molar-refractivity contribution in [2.24, 2.45) is 0 Å². The third-order valence-corrected chi connectivity index (χ3v) is 21.4. The number of hydrogen-bond acceptors (Lipinski definition) is 18. The van der Waals surface area contributed by atoms with Crippen LogP contribution in [0.4, 0.5) is 0 Å². The molecule has 0 aromatic heterocycles. The minimum atomic E-state index is -1.98. The Hall–Kier alpha value is -2.25. The highest BCUT2D eigenvalue weighted by Gasteiger charge is 2.54. The van der Waals surface area contributed by atoms with Gasteiger partial charge in [0.1, 0.15) is 73.2 Å². The lowest BCUT2D eigenvalue weighted by molar-refractivity contribution is -0.379. The van der Waals surface area contributed by atoms with Crippen LogP contribution < -0.4 is 5.32 Å². The van der Waals surface area contributed by atoms with Gasteiger partial charge < -0.3 is 89.9 Å². The molecule has 17 unspecified atom stereocenters. The largest absolute Gasteiger partial charge is 0.394 e. The molecule has 0 aliphatic carbocycles. The average molecular weight is 1480 g/mol. The van der Waals surface area contributed by atoms with Crippen molar-refractivity contribution < 1.29 is 89.4 Å². The molecule has 3 heterocycles. The number of aliphatic hydroxyl groups excluding tert-OH is 11. The molecule has 19 heteroatoms. The summed E-state index contributed by atoms with van der Waals surface area (Å²) in [5.41, 5.74) is 0. The minimum absolute atomic E-state index is 0.247. The Morgan fingerprint density at radius 1 is 0.346 bits per heavy atom. The van der Waals surface area contributed by atoms with E-state index in [-0.39, 0.29) is 18.9 Å². The van der Waals surface area contributed by atoms with E-state index in [0.29, 0.717) is 6.42 Å². The highest BCUT2D eigenvalue weighted by atomic mass is 16.8. The fourth-order valence-corrected chi connectivity index (χ4v) is 14.5. The van der Waals surface area contributed by atoms with E-state index in [1.54, 1.807) is 6.08 Å². The number of allylic oxidation sites excluding steroid dienone is 7. The van der Waals surface area contributed by atoms with Gasteiger partial charge in [0, 0.05) is 6.42 Å². The van der Waals surface area contributed by atoms with E-state index in [0.717, 1.165) is 57.8 Å². The number of carbonyl (C=O) groups is 1. The fourth-order valence-electron chi connectivity index (χ4n) is 14.5. The van der Waals surface area contributed by atoms with E-state index < -0.39 is 124 Å². The monoisotopic (exact) mass is 1480 g/mol. The molecule has 12 N–H and O–H groups in total. The second kappa shape index (κ2) is 65.5. The van der Waals surface area contributed by atoms with Gasteiger partial charge in [0.05, 0.1) is 38.6 Å². The van der Waals surface area contributed by atoms with Gasteiger partial charge >= 0.3 is 0 Å². The van der Waals surface area contributed by atoms with Crippen LogP contribution in [0, 0.1) is 0 Å². The molecular weight excluding hydrogens is 1320 g/mol. The Labute approximate surface area is 631 Å². The molecule has 0 saturated carbocycles. The molecule has 3 saturated heterocycles.